The first-order chi connectivity index (χ1) is 12.0. The van der Waals surface area contributed by atoms with Gasteiger partial charge in [0.2, 0.25) is 0 Å². The number of nitrogens with zero attached hydrogens (tertiary/aromatic N) is 1. The molecule has 0 bridgehead atoms. The molecule has 0 atom stereocenters. The molecule has 1 rings (SSSR count). The van der Waals surface area contributed by atoms with Crippen molar-refractivity contribution in [1.82, 2.24) is 9.55 Å². The fraction of sp³-hybridized carbons (Fsp3) is 0.632. The van der Waals surface area contributed by atoms with E-state index >= 15 is 0 Å². The highest BCUT2D eigenvalue weighted by Gasteiger charge is 2.01. The molecule has 0 aromatic carbocycles. The van der Waals surface area contributed by atoms with E-state index in [9.17, 15) is 9.59 Å². The molecule has 140 valence electrons. The van der Waals surface area contributed by atoms with E-state index in [-0.39, 0.29) is 11.5 Å². The number of carbonyl (C=O) groups excluding carboxylic acids is 1. The van der Waals surface area contributed by atoms with Gasteiger partial charge in [-0.25, -0.2) is 4.79 Å². The average Bonchev–Trinajstić information content (AvgIpc) is 2.57. The van der Waals surface area contributed by atoms with Gasteiger partial charge in [-0.3, -0.25) is 9.78 Å². The minimum Gasteiger partial charge on any atom is -0.462 e. The van der Waals surface area contributed by atoms with Gasteiger partial charge in [-0.2, -0.15) is 0 Å². The lowest BCUT2D eigenvalue weighted by atomic mass is 10.1. The number of aromatic nitrogens is 2. The summed E-state index contributed by atoms with van der Waals surface area (Å²) in [6.45, 7) is 6.58. The predicted molar refractivity (Wildman–Crippen MR) is 103 cm³/mol. The third-order valence-corrected chi connectivity index (χ3v) is 4.36. The van der Waals surface area contributed by atoms with E-state index in [1.54, 1.807) is 13.1 Å². The Morgan fingerprint density at radius 2 is 1.68 bits per heavy atom. The number of hydrogen-bond acceptors (Lipinski definition) is 4. The largest absolute Gasteiger partial charge is 0.462 e. The quantitative estimate of drug-likeness (QED) is 0.241. The number of unbranched alkanes of at least 4 members (excludes halogenated alkanes) is 8. The lowest BCUT2D eigenvalue weighted by molar-refractivity contribution is -0.139. The minimum absolute atomic E-state index is 0.143. The molecule has 25 heavy (non-hydrogen) atoms. The van der Waals surface area contributed by atoms with Crippen LogP contribution in [0.2, 0.25) is 0 Å². The van der Waals surface area contributed by atoms with Crippen LogP contribution in [0.15, 0.2) is 29.2 Å². The third-order valence-electron chi connectivity index (χ3n) is 4.02. The molecular weight excluding hydrogens is 336 g/mol. The standard InChI is InChI=1S/C19H30N2O3S/c1-16(2)18(23)24-15-11-9-7-5-3-4-6-8-10-13-21-14-12-17(22)20-19(21)25/h12,14H,1,3-11,13,15H2,2H3,(H,20,22,25). The lowest BCUT2D eigenvalue weighted by Gasteiger charge is -2.06. The van der Waals surface area contributed by atoms with Crippen molar-refractivity contribution in [3.05, 3.63) is 39.5 Å². The van der Waals surface area contributed by atoms with Crippen LogP contribution in [0.3, 0.4) is 0 Å². The summed E-state index contributed by atoms with van der Waals surface area (Å²) in [5.41, 5.74) is 0.318. The fourth-order valence-corrected chi connectivity index (χ4v) is 2.78. The Bertz CT molecular complexity index is 649. The van der Waals surface area contributed by atoms with Gasteiger partial charge in [-0.05, 0) is 32.0 Å². The molecule has 0 radical (unpaired) electrons. The van der Waals surface area contributed by atoms with Crippen LogP contribution in [0.5, 0.6) is 0 Å². The van der Waals surface area contributed by atoms with E-state index in [0.29, 0.717) is 17.0 Å². The molecular formula is C19H30N2O3S. The Kier molecular flexibility index (Phi) is 10.8. The number of esters is 1. The molecule has 0 unspecified atom stereocenters. The molecule has 0 saturated heterocycles. The maximum absolute atomic E-state index is 11.2. The smallest absolute Gasteiger partial charge is 0.333 e. The van der Waals surface area contributed by atoms with Crippen molar-refractivity contribution in [2.75, 3.05) is 6.61 Å². The predicted octanol–water partition coefficient (Wildman–Crippen LogP) is 4.54. The van der Waals surface area contributed by atoms with Crippen molar-refractivity contribution in [2.24, 2.45) is 0 Å². The van der Waals surface area contributed by atoms with E-state index < -0.39 is 0 Å². The van der Waals surface area contributed by atoms with Crippen LogP contribution in [0.4, 0.5) is 0 Å². The van der Waals surface area contributed by atoms with Gasteiger partial charge in [0.05, 0.1) is 6.61 Å². The molecule has 0 fully saturated rings. The second-order valence-corrected chi connectivity index (χ2v) is 6.79. The molecule has 1 aromatic rings. The first kappa shape index (κ1) is 21.4. The van der Waals surface area contributed by atoms with Crippen molar-refractivity contribution in [2.45, 2.75) is 71.3 Å². The highest BCUT2D eigenvalue weighted by molar-refractivity contribution is 7.71. The topological polar surface area (TPSA) is 64.1 Å². The summed E-state index contributed by atoms with van der Waals surface area (Å²) in [7, 11) is 0. The molecule has 0 aliphatic heterocycles. The Hall–Kier alpha value is -1.69. The number of hydrogen-bond donors (Lipinski definition) is 1. The number of aromatic amines is 1. The second kappa shape index (κ2) is 12.6. The van der Waals surface area contributed by atoms with Crippen LogP contribution in [-0.4, -0.2) is 22.1 Å². The summed E-state index contributed by atoms with van der Waals surface area (Å²) in [4.78, 5) is 24.9. The van der Waals surface area contributed by atoms with Gasteiger partial charge < -0.3 is 9.30 Å². The molecule has 0 saturated carbocycles. The van der Waals surface area contributed by atoms with E-state index in [0.717, 1.165) is 25.8 Å². The third kappa shape index (κ3) is 10.0. The fourth-order valence-electron chi connectivity index (χ4n) is 2.53. The van der Waals surface area contributed by atoms with Crippen molar-refractivity contribution >= 4 is 18.2 Å². The molecule has 0 amide bonds. The molecule has 1 heterocycles. The normalized spacial score (nSPS) is 10.6. The summed E-state index contributed by atoms with van der Waals surface area (Å²) in [5, 5.41) is 0. The Morgan fingerprint density at radius 1 is 1.12 bits per heavy atom. The van der Waals surface area contributed by atoms with Gasteiger partial charge in [0.25, 0.3) is 5.56 Å². The van der Waals surface area contributed by atoms with E-state index in [1.165, 1.54) is 44.6 Å². The number of nitrogens with one attached hydrogen (secondary N) is 1. The zero-order valence-electron chi connectivity index (χ0n) is 15.2. The van der Waals surface area contributed by atoms with E-state index in [2.05, 4.69) is 11.6 Å². The van der Waals surface area contributed by atoms with Crippen LogP contribution in [0.25, 0.3) is 0 Å². The van der Waals surface area contributed by atoms with Gasteiger partial charge in [0.15, 0.2) is 4.77 Å². The Labute approximate surface area is 155 Å². The molecule has 0 aliphatic rings. The molecule has 6 heteroatoms. The summed E-state index contributed by atoms with van der Waals surface area (Å²) < 4.78 is 7.47. The minimum atomic E-state index is -0.289. The SMILES string of the molecule is C=C(C)C(=O)OCCCCCCCCCCCn1ccc(=O)[nH]c1=S. The van der Waals surface area contributed by atoms with Gasteiger partial charge in [-0.1, -0.05) is 51.5 Å². The van der Waals surface area contributed by atoms with Gasteiger partial charge in [-0.15, -0.1) is 0 Å². The zero-order valence-corrected chi connectivity index (χ0v) is 16.0. The molecule has 0 aliphatic carbocycles. The highest BCUT2D eigenvalue weighted by Crippen LogP contribution is 2.10. The van der Waals surface area contributed by atoms with Crippen molar-refractivity contribution in [3.63, 3.8) is 0 Å². The summed E-state index contributed by atoms with van der Waals surface area (Å²) >= 11 is 5.12. The van der Waals surface area contributed by atoms with Crippen molar-refractivity contribution in [3.8, 4) is 0 Å². The van der Waals surface area contributed by atoms with Gasteiger partial charge in [0.1, 0.15) is 0 Å². The Balaban J connectivity index is 1.90. The second-order valence-electron chi connectivity index (χ2n) is 6.40. The highest BCUT2D eigenvalue weighted by atomic mass is 32.1. The maximum atomic E-state index is 11.2. The molecule has 1 aromatic heterocycles. The van der Waals surface area contributed by atoms with E-state index in [1.807, 2.05) is 4.57 Å². The number of H-pyrrole nitrogens is 1. The molecule has 5 nitrogen and oxygen atoms in total. The average molecular weight is 367 g/mol. The van der Waals surface area contributed by atoms with Crippen LogP contribution >= 0.6 is 12.2 Å². The van der Waals surface area contributed by atoms with Crippen LogP contribution in [-0.2, 0) is 16.1 Å². The zero-order chi connectivity index (χ0) is 18.5. The van der Waals surface area contributed by atoms with Crippen molar-refractivity contribution in [1.29, 1.82) is 0 Å². The molecule has 0 spiro atoms. The molecule has 1 N–H and O–H groups in total. The van der Waals surface area contributed by atoms with Crippen molar-refractivity contribution < 1.29 is 9.53 Å². The van der Waals surface area contributed by atoms with Gasteiger partial charge >= 0.3 is 5.97 Å². The summed E-state index contributed by atoms with van der Waals surface area (Å²) in [5.74, 6) is -0.289. The number of aryl methyl sites for hydroxylation is 1. The monoisotopic (exact) mass is 366 g/mol. The summed E-state index contributed by atoms with van der Waals surface area (Å²) in [6.07, 6.45) is 12.2. The van der Waals surface area contributed by atoms with Crippen LogP contribution in [0.1, 0.15) is 64.7 Å². The maximum Gasteiger partial charge on any atom is 0.333 e. The number of ether oxygens (including phenoxy) is 1. The van der Waals surface area contributed by atoms with Gasteiger partial charge in [0, 0.05) is 24.4 Å². The number of carbonyl (C=O) groups is 1. The first-order valence-electron chi connectivity index (χ1n) is 9.13. The van der Waals surface area contributed by atoms with Crippen LogP contribution < -0.4 is 5.56 Å². The first-order valence-corrected chi connectivity index (χ1v) is 9.54. The lowest BCUT2D eigenvalue weighted by Crippen LogP contribution is -2.11. The Morgan fingerprint density at radius 3 is 2.24 bits per heavy atom. The van der Waals surface area contributed by atoms with Crippen LogP contribution in [0, 0.1) is 4.77 Å². The van der Waals surface area contributed by atoms with E-state index in [4.69, 9.17) is 17.0 Å². The number of rotatable bonds is 13. The summed E-state index contributed by atoms with van der Waals surface area (Å²) in [6, 6.07) is 1.51.